The number of carbonyl (C=O) groups is 3. The van der Waals surface area contributed by atoms with E-state index in [4.69, 9.17) is 0 Å². The van der Waals surface area contributed by atoms with Gasteiger partial charge >= 0.3 is 0 Å². The summed E-state index contributed by atoms with van der Waals surface area (Å²) in [5, 5.41) is 9.25. The molecule has 35 heavy (non-hydrogen) atoms. The standard InChI is InChI=1S/C27H43N3O4S/c1-8-13-28(7)23(32)20-19-17-18(3)27(35-19)21(20)24(33)29(15-11-10-12-16-31)22(27)25(34)30(14-9-2)26(4,5)6/h8-9,18-22,31H,1-2,10-17H2,3-7H3/t18?,19-,20+,21-,22?,27?/m0/s1. The van der Waals surface area contributed by atoms with E-state index in [1.807, 2.05) is 25.7 Å². The fraction of sp³-hybridized carbons (Fsp3) is 0.741. The number of nitrogens with zero attached hydrogens (tertiary/aromatic N) is 3. The number of hydrogen-bond acceptors (Lipinski definition) is 5. The molecule has 0 aliphatic carbocycles. The number of aliphatic hydroxyl groups is 1. The van der Waals surface area contributed by atoms with E-state index < -0.39 is 28.2 Å². The summed E-state index contributed by atoms with van der Waals surface area (Å²) >= 11 is 1.71. The third kappa shape index (κ3) is 4.68. The van der Waals surface area contributed by atoms with Crippen LogP contribution < -0.4 is 0 Å². The number of likely N-dealkylation sites (tertiary alicyclic amines) is 1. The third-order valence-electron chi connectivity index (χ3n) is 7.99. The molecule has 0 radical (unpaired) electrons. The Labute approximate surface area is 215 Å². The Hall–Kier alpha value is -1.80. The highest BCUT2D eigenvalue weighted by Gasteiger charge is 2.76. The lowest BCUT2D eigenvalue weighted by Gasteiger charge is -2.44. The van der Waals surface area contributed by atoms with Crippen molar-refractivity contribution < 1.29 is 19.5 Å². The molecule has 0 aromatic rings. The van der Waals surface area contributed by atoms with Crippen molar-refractivity contribution in [3.63, 3.8) is 0 Å². The van der Waals surface area contributed by atoms with Crippen molar-refractivity contribution >= 4 is 29.5 Å². The fourth-order valence-electron chi connectivity index (χ4n) is 6.40. The first kappa shape index (κ1) is 27.8. The maximum atomic E-state index is 14.3. The Morgan fingerprint density at radius 2 is 1.83 bits per heavy atom. The topological polar surface area (TPSA) is 81.2 Å². The van der Waals surface area contributed by atoms with Crippen LogP contribution in [0.2, 0.25) is 0 Å². The highest BCUT2D eigenvalue weighted by atomic mass is 32.2. The van der Waals surface area contributed by atoms with Crippen molar-refractivity contribution in [2.75, 3.05) is 33.3 Å². The Morgan fingerprint density at radius 1 is 1.17 bits per heavy atom. The van der Waals surface area contributed by atoms with Crippen molar-refractivity contribution in [3.8, 4) is 0 Å². The van der Waals surface area contributed by atoms with Gasteiger partial charge in [-0.3, -0.25) is 14.4 Å². The van der Waals surface area contributed by atoms with Crippen molar-refractivity contribution in [2.24, 2.45) is 17.8 Å². The lowest BCUT2D eigenvalue weighted by molar-refractivity contribution is -0.146. The van der Waals surface area contributed by atoms with Gasteiger partial charge in [0.25, 0.3) is 0 Å². The van der Waals surface area contributed by atoms with Gasteiger partial charge in [0.15, 0.2) is 0 Å². The summed E-state index contributed by atoms with van der Waals surface area (Å²) in [6.45, 7) is 17.2. The number of thioether (sulfide) groups is 1. The number of unbranched alkanes of at least 4 members (excludes halogenated alkanes) is 2. The molecule has 2 bridgehead atoms. The number of carbonyl (C=O) groups excluding carboxylic acids is 3. The predicted molar refractivity (Wildman–Crippen MR) is 141 cm³/mol. The molecule has 1 N–H and O–H groups in total. The molecule has 8 heteroatoms. The molecule has 3 rings (SSSR count). The van der Waals surface area contributed by atoms with E-state index in [-0.39, 0.29) is 35.5 Å². The van der Waals surface area contributed by atoms with Crippen LogP contribution in [0.3, 0.4) is 0 Å². The fourth-order valence-corrected chi connectivity index (χ4v) is 8.81. The van der Waals surface area contributed by atoms with E-state index in [1.165, 1.54) is 0 Å². The molecule has 3 saturated heterocycles. The minimum Gasteiger partial charge on any atom is -0.396 e. The summed E-state index contributed by atoms with van der Waals surface area (Å²) in [5.74, 6) is -0.925. The molecule has 3 heterocycles. The van der Waals surface area contributed by atoms with E-state index in [0.29, 0.717) is 32.5 Å². The normalized spacial score (nSPS) is 31.4. The zero-order valence-electron chi connectivity index (χ0n) is 22.0. The number of likely N-dealkylation sites (N-methyl/N-ethyl adjacent to an activating group) is 1. The lowest BCUT2D eigenvalue weighted by atomic mass is 9.65. The Kier molecular flexibility index (Phi) is 8.47. The molecule has 3 aliphatic rings. The molecule has 7 nitrogen and oxygen atoms in total. The second kappa shape index (κ2) is 10.7. The van der Waals surface area contributed by atoms with Gasteiger partial charge in [-0.2, -0.15) is 0 Å². The van der Waals surface area contributed by atoms with E-state index in [1.54, 1.807) is 40.8 Å². The maximum absolute atomic E-state index is 14.3. The SMILES string of the molecule is C=CCN(C)C(=O)[C@@H]1[C@@H]2CC(C)C3(S2)C(C(=O)N(CC=C)C(C)(C)C)N(CCCCCO)C(=O)[C@H]13. The average Bonchev–Trinajstić information content (AvgIpc) is 3.37. The summed E-state index contributed by atoms with van der Waals surface area (Å²) in [7, 11) is 1.76. The minimum atomic E-state index is -0.615. The summed E-state index contributed by atoms with van der Waals surface area (Å²) in [6, 6.07) is -0.610. The number of fused-ring (bicyclic) bond motifs is 1. The van der Waals surface area contributed by atoms with Crippen LogP contribution >= 0.6 is 11.8 Å². The molecular weight excluding hydrogens is 462 g/mol. The van der Waals surface area contributed by atoms with Crippen LogP contribution in [0.25, 0.3) is 0 Å². The number of hydrogen-bond donors (Lipinski definition) is 1. The molecule has 0 aromatic carbocycles. The Balaban J connectivity index is 2.06. The van der Waals surface area contributed by atoms with Gasteiger partial charge in [-0.05, 0) is 52.4 Å². The summed E-state index contributed by atoms with van der Waals surface area (Å²) in [6.07, 6.45) is 6.42. The van der Waals surface area contributed by atoms with Crippen LogP contribution in [-0.2, 0) is 14.4 Å². The molecule has 3 fully saturated rings. The van der Waals surface area contributed by atoms with Crippen molar-refractivity contribution in [2.45, 2.75) is 75.0 Å². The van der Waals surface area contributed by atoms with Gasteiger partial charge in [-0.15, -0.1) is 24.9 Å². The molecule has 6 atom stereocenters. The van der Waals surface area contributed by atoms with Gasteiger partial charge in [-0.1, -0.05) is 19.1 Å². The van der Waals surface area contributed by atoms with E-state index in [2.05, 4.69) is 20.1 Å². The van der Waals surface area contributed by atoms with Gasteiger partial charge in [0.1, 0.15) is 6.04 Å². The van der Waals surface area contributed by atoms with Crippen LogP contribution in [0.15, 0.2) is 25.3 Å². The summed E-state index contributed by atoms with van der Waals surface area (Å²) in [4.78, 5) is 47.3. The minimum absolute atomic E-state index is 0.0263. The van der Waals surface area contributed by atoms with Gasteiger partial charge in [0.2, 0.25) is 17.7 Å². The second-order valence-corrected chi connectivity index (χ2v) is 12.8. The molecule has 0 aromatic heterocycles. The number of aliphatic hydroxyl groups excluding tert-OH is 1. The van der Waals surface area contributed by atoms with Crippen LogP contribution in [0.1, 0.15) is 53.4 Å². The predicted octanol–water partition coefficient (Wildman–Crippen LogP) is 2.94. The Bertz CT molecular complexity index is 856. The van der Waals surface area contributed by atoms with Crippen LogP contribution in [-0.4, -0.2) is 92.4 Å². The molecule has 3 aliphatic heterocycles. The van der Waals surface area contributed by atoms with E-state index >= 15 is 0 Å². The zero-order chi connectivity index (χ0) is 26.1. The quantitative estimate of drug-likeness (QED) is 0.345. The molecule has 0 saturated carbocycles. The maximum Gasteiger partial charge on any atom is 0.247 e. The van der Waals surface area contributed by atoms with Gasteiger partial charge < -0.3 is 19.8 Å². The van der Waals surface area contributed by atoms with Crippen LogP contribution in [0, 0.1) is 17.8 Å². The first-order valence-electron chi connectivity index (χ1n) is 12.8. The Morgan fingerprint density at radius 3 is 2.40 bits per heavy atom. The largest absolute Gasteiger partial charge is 0.396 e. The zero-order valence-corrected chi connectivity index (χ0v) is 22.9. The van der Waals surface area contributed by atoms with Gasteiger partial charge in [0.05, 0.1) is 16.6 Å². The lowest BCUT2D eigenvalue weighted by Crippen LogP contribution is -2.60. The van der Waals surface area contributed by atoms with Crippen LogP contribution in [0.5, 0.6) is 0 Å². The molecule has 1 spiro atoms. The van der Waals surface area contributed by atoms with Crippen LogP contribution in [0.4, 0.5) is 0 Å². The summed E-state index contributed by atoms with van der Waals surface area (Å²) in [5.41, 5.74) is -0.435. The highest BCUT2D eigenvalue weighted by molar-refractivity contribution is 8.02. The van der Waals surface area contributed by atoms with E-state index in [0.717, 1.165) is 12.8 Å². The van der Waals surface area contributed by atoms with Gasteiger partial charge in [0, 0.05) is 44.1 Å². The molecule has 3 unspecified atom stereocenters. The number of amides is 3. The highest BCUT2D eigenvalue weighted by Crippen LogP contribution is 2.69. The second-order valence-electron chi connectivity index (χ2n) is 11.3. The molecular formula is C27H43N3O4S. The van der Waals surface area contributed by atoms with Crippen molar-refractivity contribution in [3.05, 3.63) is 25.3 Å². The average molecular weight is 506 g/mol. The first-order chi connectivity index (χ1) is 16.5. The van der Waals surface area contributed by atoms with Crippen molar-refractivity contribution in [1.29, 1.82) is 0 Å². The monoisotopic (exact) mass is 505 g/mol. The summed E-state index contributed by atoms with van der Waals surface area (Å²) < 4.78 is -0.615. The number of rotatable bonds is 11. The third-order valence-corrected chi connectivity index (χ3v) is 10.1. The van der Waals surface area contributed by atoms with Crippen molar-refractivity contribution in [1.82, 2.24) is 14.7 Å². The first-order valence-corrected chi connectivity index (χ1v) is 13.7. The molecule has 3 amide bonds. The molecule has 196 valence electrons. The smallest absolute Gasteiger partial charge is 0.247 e. The van der Waals surface area contributed by atoms with Gasteiger partial charge in [-0.25, -0.2) is 0 Å². The van der Waals surface area contributed by atoms with E-state index in [9.17, 15) is 19.5 Å².